The molecule has 0 aromatic heterocycles. The van der Waals surface area contributed by atoms with E-state index in [9.17, 15) is 9.90 Å². The number of allylic oxidation sites excluding steroid dienone is 1. The molecule has 33 heavy (non-hydrogen) atoms. The Labute approximate surface area is 199 Å². The lowest BCUT2D eigenvalue weighted by molar-refractivity contribution is -0.128. The van der Waals surface area contributed by atoms with Crippen LogP contribution in [0.25, 0.3) is 0 Å². The highest BCUT2D eigenvalue weighted by molar-refractivity contribution is 5.86. The number of hydrogen-bond donors (Lipinski definition) is 1. The maximum absolute atomic E-state index is 13.2. The first-order valence-electron chi connectivity index (χ1n) is 13.6. The van der Waals surface area contributed by atoms with Gasteiger partial charge in [-0.3, -0.25) is 9.79 Å². The zero-order valence-electron chi connectivity index (χ0n) is 20.8. The molecule has 0 bridgehead atoms. The van der Waals surface area contributed by atoms with Crippen LogP contribution in [0.3, 0.4) is 0 Å². The molecule has 1 unspecified atom stereocenters. The topological polar surface area (TPSA) is 73.5 Å². The minimum Gasteiger partial charge on any atom is -0.390 e. The largest absolute Gasteiger partial charge is 0.390 e. The summed E-state index contributed by atoms with van der Waals surface area (Å²) in [4.78, 5) is 17.6. The van der Waals surface area contributed by atoms with E-state index in [1.807, 2.05) is 13.0 Å². The van der Waals surface area contributed by atoms with Crippen LogP contribution in [0.4, 0.5) is 0 Å². The molecule has 10 atom stereocenters. The average Bonchev–Trinajstić information content (AvgIpc) is 3.39. The van der Waals surface area contributed by atoms with Gasteiger partial charge in [0.2, 0.25) is 0 Å². The lowest BCUT2D eigenvalue weighted by atomic mass is 9.48. The van der Waals surface area contributed by atoms with Gasteiger partial charge in [-0.2, -0.15) is 5.26 Å². The highest BCUT2D eigenvalue weighted by Crippen LogP contribution is 2.65. The van der Waals surface area contributed by atoms with Gasteiger partial charge in [-0.1, -0.05) is 13.8 Å². The number of carbonyl (C=O) groups is 1. The van der Waals surface area contributed by atoms with Crippen LogP contribution in [0.2, 0.25) is 0 Å². The third-order valence-electron chi connectivity index (χ3n) is 11.0. The highest BCUT2D eigenvalue weighted by atomic mass is 16.3. The molecule has 180 valence electrons. The zero-order chi connectivity index (χ0) is 23.4. The van der Waals surface area contributed by atoms with Gasteiger partial charge in [-0.25, -0.2) is 0 Å². The molecule has 0 spiro atoms. The molecular formula is C29H42N2O2. The molecule has 4 aliphatic carbocycles. The molecule has 4 saturated carbocycles. The first-order valence-corrected chi connectivity index (χ1v) is 13.6. The number of hydrogen-bond acceptors (Lipinski definition) is 4. The molecule has 1 N–H and O–H groups in total. The van der Waals surface area contributed by atoms with Crippen molar-refractivity contribution in [2.75, 3.05) is 0 Å². The summed E-state index contributed by atoms with van der Waals surface area (Å²) in [5, 5.41) is 19.6. The van der Waals surface area contributed by atoms with Crippen LogP contribution in [-0.2, 0) is 4.79 Å². The van der Waals surface area contributed by atoms with E-state index in [1.165, 1.54) is 44.9 Å². The summed E-state index contributed by atoms with van der Waals surface area (Å²) < 4.78 is 0. The monoisotopic (exact) mass is 450 g/mol. The number of rotatable bonds is 5. The van der Waals surface area contributed by atoms with Crippen molar-refractivity contribution in [3.63, 3.8) is 0 Å². The molecular weight excluding hydrogens is 408 g/mol. The summed E-state index contributed by atoms with van der Waals surface area (Å²) >= 11 is 0. The first-order chi connectivity index (χ1) is 15.7. The number of nitriles is 1. The van der Waals surface area contributed by atoms with E-state index in [-0.39, 0.29) is 12.0 Å². The van der Waals surface area contributed by atoms with Crippen LogP contribution in [-0.4, -0.2) is 28.7 Å². The van der Waals surface area contributed by atoms with Gasteiger partial charge in [0, 0.05) is 18.6 Å². The molecule has 1 aliphatic heterocycles. The Morgan fingerprint density at radius 3 is 2.70 bits per heavy atom. The summed E-state index contributed by atoms with van der Waals surface area (Å²) in [5.41, 5.74) is 0.490. The van der Waals surface area contributed by atoms with Crippen LogP contribution in [0, 0.1) is 58.2 Å². The third kappa shape index (κ3) is 4.13. The number of Topliss-reactive ketones (excluding diaryl/α,β-unsaturated/α-hetero) is 1. The van der Waals surface area contributed by atoms with Crippen molar-refractivity contribution in [2.45, 2.75) is 103 Å². The molecule has 0 saturated heterocycles. The summed E-state index contributed by atoms with van der Waals surface area (Å²) in [7, 11) is 0. The van der Waals surface area contributed by atoms with Gasteiger partial charge in [0.05, 0.1) is 17.2 Å². The predicted octanol–water partition coefficient (Wildman–Crippen LogP) is 5.89. The Hall–Kier alpha value is -1.47. The van der Waals surface area contributed by atoms with Crippen molar-refractivity contribution < 1.29 is 9.90 Å². The van der Waals surface area contributed by atoms with Gasteiger partial charge in [-0.05, 0) is 118 Å². The fourth-order valence-electron chi connectivity index (χ4n) is 9.38. The third-order valence-corrected chi connectivity index (χ3v) is 11.0. The SMILES string of the molecule is C[C@@H](C(=O)CCC1C=C(C#N)C=N1)[C@H]1CC[C@H]2[C@@H]3CC[C@@H]4C[C@](C)(O)CC[C@@H]4[C@H]3CC[C@]12C. The van der Waals surface area contributed by atoms with E-state index in [2.05, 4.69) is 24.9 Å². The van der Waals surface area contributed by atoms with Crippen LogP contribution in [0.1, 0.15) is 91.4 Å². The number of fused-ring (bicyclic) bond motifs is 5. The lowest BCUT2D eigenvalue weighted by Crippen LogP contribution is -2.51. The Kier molecular flexibility index (Phi) is 6.09. The molecule has 0 aromatic carbocycles. The molecule has 0 radical (unpaired) electrons. The van der Waals surface area contributed by atoms with Gasteiger partial charge in [0.1, 0.15) is 11.9 Å². The van der Waals surface area contributed by atoms with E-state index >= 15 is 0 Å². The van der Waals surface area contributed by atoms with Gasteiger partial charge in [0.25, 0.3) is 0 Å². The fourth-order valence-corrected chi connectivity index (χ4v) is 9.38. The fraction of sp³-hybridized carbons (Fsp3) is 0.828. The van der Waals surface area contributed by atoms with E-state index in [0.29, 0.717) is 29.1 Å². The molecule has 1 heterocycles. The van der Waals surface area contributed by atoms with Crippen LogP contribution >= 0.6 is 0 Å². The summed E-state index contributed by atoms with van der Waals surface area (Å²) in [5.74, 6) is 5.06. The van der Waals surface area contributed by atoms with Gasteiger partial charge >= 0.3 is 0 Å². The van der Waals surface area contributed by atoms with Crippen LogP contribution in [0.5, 0.6) is 0 Å². The summed E-state index contributed by atoms with van der Waals surface area (Å²) in [6.45, 7) is 6.77. The smallest absolute Gasteiger partial charge is 0.136 e. The molecule has 4 heteroatoms. The Balaban J connectivity index is 1.23. The Bertz CT molecular complexity index is 883. The van der Waals surface area contributed by atoms with Crippen molar-refractivity contribution >= 4 is 12.0 Å². The van der Waals surface area contributed by atoms with Crippen LogP contribution in [0.15, 0.2) is 16.6 Å². The van der Waals surface area contributed by atoms with Gasteiger partial charge in [-0.15, -0.1) is 0 Å². The molecule has 0 amide bonds. The molecule has 5 rings (SSSR count). The standard InChI is InChI=1S/C29H42N2O2/c1-18(27(32)9-5-21-14-19(16-30)17-31-21)25-7-8-26-24-6-4-20-15-28(2,33)12-10-22(20)23(24)11-13-29(25,26)3/h14,17-18,20-26,33H,4-13,15H2,1-3H3/t18-,20-,21?,22+,23-,24-,25-,26+,28-,29-/m1/s1. The van der Waals surface area contributed by atoms with Crippen molar-refractivity contribution in [3.05, 3.63) is 11.6 Å². The number of aliphatic imine (C=N–C) groups is 1. The summed E-state index contributed by atoms with van der Waals surface area (Å²) in [6, 6.07) is 2.15. The second-order valence-electron chi connectivity index (χ2n) is 12.8. The average molecular weight is 451 g/mol. The number of ketones is 1. The van der Waals surface area contributed by atoms with Crippen molar-refractivity contribution in [1.29, 1.82) is 5.26 Å². The van der Waals surface area contributed by atoms with Crippen molar-refractivity contribution in [2.24, 2.45) is 51.8 Å². The maximum atomic E-state index is 13.2. The number of carbonyl (C=O) groups excluding carboxylic acids is 1. The van der Waals surface area contributed by atoms with Gasteiger partial charge in [0.15, 0.2) is 0 Å². The normalized spacial score (nSPS) is 47.1. The Morgan fingerprint density at radius 1 is 1.15 bits per heavy atom. The van der Waals surface area contributed by atoms with E-state index < -0.39 is 5.60 Å². The summed E-state index contributed by atoms with van der Waals surface area (Å²) in [6.07, 6.45) is 15.8. The molecule has 4 nitrogen and oxygen atoms in total. The van der Waals surface area contributed by atoms with Crippen molar-refractivity contribution in [3.8, 4) is 6.07 Å². The molecule has 4 fully saturated rings. The Morgan fingerprint density at radius 2 is 1.94 bits per heavy atom. The van der Waals surface area contributed by atoms with Crippen LogP contribution < -0.4 is 0 Å². The molecule has 5 aliphatic rings. The van der Waals surface area contributed by atoms with Crippen molar-refractivity contribution in [1.82, 2.24) is 0 Å². The van der Waals surface area contributed by atoms with E-state index in [1.54, 1.807) is 6.21 Å². The predicted molar refractivity (Wildman–Crippen MR) is 131 cm³/mol. The highest BCUT2D eigenvalue weighted by Gasteiger charge is 2.58. The van der Waals surface area contributed by atoms with E-state index in [0.717, 1.165) is 48.9 Å². The zero-order valence-corrected chi connectivity index (χ0v) is 20.8. The second kappa shape index (κ2) is 8.63. The lowest BCUT2D eigenvalue weighted by Gasteiger charge is -2.57. The minimum atomic E-state index is -0.443. The quantitative estimate of drug-likeness (QED) is 0.567. The molecule has 0 aromatic rings. The minimum absolute atomic E-state index is 0.00427. The maximum Gasteiger partial charge on any atom is 0.136 e. The number of nitrogens with zero attached hydrogens (tertiary/aromatic N) is 2. The van der Waals surface area contributed by atoms with E-state index in [4.69, 9.17) is 5.26 Å². The van der Waals surface area contributed by atoms with Gasteiger partial charge < -0.3 is 5.11 Å². The first kappa shape index (κ1) is 23.3. The number of aliphatic hydroxyl groups is 1. The second-order valence-corrected chi connectivity index (χ2v) is 12.8.